The molecule has 0 aliphatic heterocycles. The van der Waals surface area contributed by atoms with Crippen LogP contribution in [-0.2, 0) is 11.5 Å². The summed E-state index contributed by atoms with van der Waals surface area (Å²) in [7, 11) is 0. The van der Waals surface area contributed by atoms with Crippen molar-refractivity contribution in [2.75, 3.05) is 0 Å². The van der Waals surface area contributed by atoms with E-state index in [1.807, 2.05) is 0 Å². The number of halogens is 2. The Morgan fingerprint density at radius 2 is 2.14 bits per heavy atom. The zero-order valence-electron chi connectivity index (χ0n) is 11.5. The van der Waals surface area contributed by atoms with Gasteiger partial charge in [-0.05, 0) is 18.2 Å². The Labute approximate surface area is 134 Å². The molecule has 3 rings (SSSR count). The van der Waals surface area contributed by atoms with Gasteiger partial charge in [0.15, 0.2) is 0 Å². The highest BCUT2D eigenvalue weighted by Gasteiger charge is 2.07. The molecular weight excluding hydrogens is 329 g/mol. The van der Waals surface area contributed by atoms with Crippen LogP contribution < -0.4 is 0 Å². The van der Waals surface area contributed by atoms with Gasteiger partial charge >= 0.3 is 0 Å². The zero-order valence-corrected chi connectivity index (χ0v) is 13.1. The van der Waals surface area contributed by atoms with Crippen LogP contribution >= 0.6 is 23.4 Å². The fraction of sp³-hybridized carbons (Fsp3) is 0.231. The number of aromatic nitrogens is 5. The molecule has 0 radical (unpaired) electrons. The van der Waals surface area contributed by atoms with Gasteiger partial charge in [0.05, 0.1) is 28.4 Å². The number of thioether (sulfide) groups is 1. The predicted octanol–water partition coefficient (Wildman–Crippen LogP) is 3.18. The largest absolute Gasteiger partial charge is 0.425 e. The fourth-order valence-electron chi connectivity index (χ4n) is 1.76. The molecule has 22 heavy (non-hydrogen) atoms. The molecule has 0 bridgehead atoms. The van der Waals surface area contributed by atoms with E-state index in [2.05, 4.69) is 20.5 Å². The van der Waals surface area contributed by atoms with Crippen molar-refractivity contribution in [1.29, 1.82) is 0 Å². The van der Waals surface area contributed by atoms with E-state index in [0.29, 0.717) is 29.0 Å². The van der Waals surface area contributed by atoms with Crippen LogP contribution in [0.4, 0.5) is 4.39 Å². The summed E-state index contributed by atoms with van der Waals surface area (Å²) in [5.41, 5.74) is 1.45. The number of rotatable bonds is 5. The number of hydrogen-bond donors (Lipinski definition) is 0. The van der Waals surface area contributed by atoms with Crippen LogP contribution in [0.25, 0.3) is 5.69 Å². The van der Waals surface area contributed by atoms with E-state index in [9.17, 15) is 4.39 Å². The van der Waals surface area contributed by atoms with Crippen molar-refractivity contribution in [3.05, 3.63) is 52.7 Å². The van der Waals surface area contributed by atoms with E-state index < -0.39 is 5.82 Å². The monoisotopic (exact) mass is 339 g/mol. The maximum atomic E-state index is 13.1. The minimum Gasteiger partial charge on any atom is -0.425 e. The summed E-state index contributed by atoms with van der Waals surface area (Å²) in [6.07, 6.45) is 1.77. The van der Waals surface area contributed by atoms with Crippen molar-refractivity contribution in [3.8, 4) is 5.69 Å². The summed E-state index contributed by atoms with van der Waals surface area (Å²) in [5, 5.41) is 15.8. The molecule has 0 saturated heterocycles. The van der Waals surface area contributed by atoms with Crippen LogP contribution in [0.5, 0.6) is 0 Å². The van der Waals surface area contributed by atoms with Gasteiger partial charge in [-0.1, -0.05) is 16.8 Å². The normalized spacial score (nSPS) is 11.0. The molecule has 0 atom stereocenters. The third-order valence-corrected chi connectivity index (χ3v) is 3.99. The Bertz CT molecular complexity index is 790. The minimum absolute atomic E-state index is 0.0516. The second-order valence-electron chi connectivity index (χ2n) is 4.46. The smallest absolute Gasteiger partial charge is 0.226 e. The highest BCUT2D eigenvalue weighted by Crippen LogP contribution is 2.20. The van der Waals surface area contributed by atoms with Gasteiger partial charge in [-0.3, -0.25) is 0 Å². The average molecular weight is 340 g/mol. The van der Waals surface area contributed by atoms with Crippen molar-refractivity contribution in [2.24, 2.45) is 0 Å². The van der Waals surface area contributed by atoms with Crippen LogP contribution in [0.3, 0.4) is 0 Å². The molecule has 6 nitrogen and oxygen atoms in total. The second-order valence-corrected chi connectivity index (χ2v) is 5.85. The summed E-state index contributed by atoms with van der Waals surface area (Å²) < 4.78 is 20.0. The lowest BCUT2D eigenvalue weighted by molar-refractivity contribution is 0.485. The van der Waals surface area contributed by atoms with Gasteiger partial charge in [-0.15, -0.1) is 27.1 Å². The summed E-state index contributed by atoms with van der Waals surface area (Å²) in [6, 6.07) is 4.39. The van der Waals surface area contributed by atoms with E-state index in [1.54, 1.807) is 35.6 Å². The van der Waals surface area contributed by atoms with Crippen molar-refractivity contribution in [2.45, 2.75) is 18.4 Å². The van der Waals surface area contributed by atoms with Gasteiger partial charge in [0.2, 0.25) is 11.8 Å². The van der Waals surface area contributed by atoms with E-state index in [0.717, 1.165) is 5.69 Å². The Morgan fingerprint density at radius 3 is 2.86 bits per heavy atom. The average Bonchev–Trinajstić information content (AvgIpc) is 3.11. The Morgan fingerprint density at radius 1 is 1.27 bits per heavy atom. The first-order valence-electron chi connectivity index (χ1n) is 6.35. The van der Waals surface area contributed by atoms with E-state index in [1.165, 1.54) is 12.1 Å². The molecule has 0 amide bonds. The van der Waals surface area contributed by atoms with Crippen LogP contribution in [0.2, 0.25) is 5.02 Å². The molecular formula is C13H11ClFN5OS. The van der Waals surface area contributed by atoms with E-state index >= 15 is 0 Å². The van der Waals surface area contributed by atoms with Gasteiger partial charge in [0, 0.05) is 12.7 Å². The topological polar surface area (TPSA) is 69.6 Å². The van der Waals surface area contributed by atoms with Gasteiger partial charge in [0.1, 0.15) is 5.82 Å². The van der Waals surface area contributed by atoms with Crippen molar-refractivity contribution in [3.63, 3.8) is 0 Å². The summed E-state index contributed by atoms with van der Waals surface area (Å²) >= 11 is 7.35. The fourth-order valence-corrected chi connectivity index (χ4v) is 2.67. The third kappa shape index (κ3) is 3.45. The first kappa shape index (κ1) is 15.0. The van der Waals surface area contributed by atoms with E-state index in [-0.39, 0.29) is 5.02 Å². The lowest BCUT2D eigenvalue weighted by Crippen LogP contribution is -1.95. The Hall–Kier alpha value is -1.93. The molecule has 0 saturated carbocycles. The maximum absolute atomic E-state index is 13.1. The Kier molecular flexibility index (Phi) is 4.39. The predicted molar refractivity (Wildman–Crippen MR) is 80.4 cm³/mol. The van der Waals surface area contributed by atoms with Gasteiger partial charge in [-0.25, -0.2) is 9.07 Å². The molecule has 9 heteroatoms. The summed E-state index contributed by atoms with van der Waals surface area (Å²) in [6.45, 7) is 1.75. The summed E-state index contributed by atoms with van der Waals surface area (Å²) in [4.78, 5) is 0. The molecule has 0 unspecified atom stereocenters. The SMILES string of the molecule is Cc1nnc(CSCc2cn(-c3ccc(F)c(Cl)c3)nn2)o1. The van der Waals surface area contributed by atoms with Gasteiger partial charge in [-0.2, -0.15) is 0 Å². The van der Waals surface area contributed by atoms with Gasteiger partial charge < -0.3 is 4.42 Å². The molecule has 0 N–H and O–H groups in total. The molecule has 2 aromatic heterocycles. The highest BCUT2D eigenvalue weighted by molar-refractivity contribution is 7.97. The highest BCUT2D eigenvalue weighted by atomic mass is 35.5. The molecule has 114 valence electrons. The van der Waals surface area contributed by atoms with Crippen LogP contribution in [-0.4, -0.2) is 25.2 Å². The number of benzene rings is 1. The molecule has 3 aromatic rings. The number of hydrogen-bond acceptors (Lipinski definition) is 6. The van der Waals surface area contributed by atoms with Crippen LogP contribution in [0.15, 0.2) is 28.8 Å². The maximum Gasteiger partial charge on any atom is 0.226 e. The van der Waals surface area contributed by atoms with Crippen molar-refractivity contribution < 1.29 is 8.81 Å². The molecule has 0 aliphatic rings. The minimum atomic E-state index is -0.462. The first-order chi connectivity index (χ1) is 10.6. The number of aryl methyl sites for hydroxylation is 1. The quantitative estimate of drug-likeness (QED) is 0.711. The van der Waals surface area contributed by atoms with E-state index in [4.69, 9.17) is 16.0 Å². The van der Waals surface area contributed by atoms with Crippen LogP contribution in [0.1, 0.15) is 17.5 Å². The lowest BCUT2D eigenvalue weighted by atomic mass is 10.3. The molecule has 1 aromatic carbocycles. The molecule has 2 heterocycles. The van der Waals surface area contributed by atoms with Crippen molar-refractivity contribution in [1.82, 2.24) is 25.2 Å². The molecule has 0 fully saturated rings. The first-order valence-corrected chi connectivity index (χ1v) is 7.88. The third-order valence-electron chi connectivity index (χ3n) is 2.75. The van der Waals surface area contributed by atoms with Crippen molar-refractivity contribution >= 4 is 23.4 Å². The molecule has 0 spiro atoms. The standard InChI is InChI=1S/C13H11ClFN5OS/c1-8-16-18-13(21-8)7-22-6-9-5-20(19-17-9)10-2-3-12(15)11(14)4-10/h2-5H,6-7H2,1H3. The lowest BCUT2D eigenvalue weighted by Gasteiger charge is -2.00. The number of nitrogens with zero attached hydrogens (tertiary/aromatic N) is 5. The Balaban J connectivity index is 1.62. The molecule has 0 aliphatic carbocycles. The van der Waals surface area contributed by atoms with Crippen LogP contribution in [0, 0.1) is 12.7 Å². The van der Waals surface area contributed by atoms with Gasteiger partial charge in [0.25, 0.3) is 0 Å². The zero-order chi connectivity index (χ0) is 15.5. The second kappa shape index (κ2) is 6.45. The summed E-state index contributed by atoms with van der Waals surface area (Å²) in [5.74, 6) is 1.93.